The molecule has 0 aliphatic carbocycles. The fourth-order valence-corrected chi connectivity index (χ4v) is 6.20. The monoisotopic (exact) mass is 632 g/mol. The van der Waals surface area contributed by atoms with Crippen molar-refractivity contribution in [3.05, 3.63) is 176 Å². The highest BCUT2D eigenvalue weighted by Crippen LogP contribution is 2.40. The maximum absolute atomic E-state index is 8.81. The summed E-state index contributed by atoms with van der Waals surface area (Å²) in [6, 6.07) is 45.7. The molecule has 230 valence electrons. The highest BCUT2D eigenvalue weighted by molar-refractivity contribution is 6.12. The van der Waals surface area contributed by atoms with E-state index in [0.29, 0.717) is 39.8 Å². The standard InChI is InChI=1S/C45H29N3O/c1-5-14-30(15-6-1)34-22-13-23-35(26-34)44-46-43(33-20-11-4-12-21-33)47-45(48-44)36-24-25-38-40-28-37(31-16-7-2-8-17-31)27-39(32-18-9-3-10-19-32)42(40)49-41(38)29-36/h1-29H/i3D,9D,10D,18D,19D. The minimum absolute atomic E-state index is 0.0791. The second-order valence-corrected chi connectivity index (χ2v) is 11.7. The molecule has 4 nitrogen and oxygen atoms in total. The minimum atomic E-state index is -0.447. The Bertz CT molecular complexity index is 2850. The van der Waals surface area contributed by atoms with Crippen LogP contribution in [0.4, 0.5) is 0 Å². The molecule has 0 aliphatic rings. The van der Waals surface area contributed by atoms with Gasteiger partial charge in [-0.05, 0) is 58.1 Å². The Morgan fingerprint density at radius 1 is 0.388 bits per heavy atom. The molecule has 0 saturated heterocycles. The molecule has 2 aromatic heterocycles. The van der Waals surface area contributed by atoms with Crippen molar-refractivity contribution in [3.63, 3.8) is 0 Å². The number of rotatable bonds is 6. The number of furan rings is 1. The number of nitrogens with zero attached hydrogens (tertiary/aromatic N) is 3. The van der Waals surface area contributed by atoms with Crippen LogP contribution in [0.2, 0.25) is 0 Å². The van der Waals surface area contributed by atoms with E-state index < -0.39 is 18.1 Å². The molecule has 4 heteroatoms. The molecular formula is C45H29N3O. The van der Waals surface area contributed by atoms with Gasteiger partial charge in [0, 0.05) is 33.0 Å². The lowest BCUT2D eigenvalue weighted by molar-refractivity contribution is 0.670. The molecule has 0 fully saturated rings. The highest BCUT2D eigenvalue weighted by Gasteiger charge is 2.18. The summed E-state index contributed by atoms with van der Waals surface area (Å²) in [6.07, 6.45) is 0. The summed E-state index contributed by atoms with van der Waals surface area (Å²) in [5.74, 6) is 1.51. The molecule has 0 spiro atoms. The Kier molecular flexibility index (Phi) is 5.87. The lowest BCUT2D eigenvalue weighted by atomic mass is 9.95. The van der Waals surface area contributed by atoms with E-state index in [0.717, 1.165) is 44.2 Å². The van der Waals surface area contributed by atoms with Gasteiger partial charge in [-0.1, -0.05) is 145 Å². The van der Waals surface area contributed by atoms with E-state index >= 15 is 0 Å². The van der Waals surface area contributed by atoms with E-state index in [-0.39, 0.29) is 17.6 Å². The molecule has 0 amide bonds. The molecule has 0 radical (unpaired) electrons. The molecular weight excluding hydrogens is 599 g/mol. The fourth-order valence-electron chi connectivity index (χ4n) is 6.20. The Morgan fingerprint density at radius 3 is 1.61 bits per heavy atom. The summed E-state index contributed by atoms with van der Waals surface area (Å²) in [7, 11) is 0. The van der Waals surface area contributed by atoms with E-state index in [9.17, 15) is 0 Å². The van der Waals surface area contributed by atoms with Gasteiger partial charge in [0.15, 0.2) is 17.5 Å². The zero-order chi connectivity index (χ0) is 36.9. The first-order chi connectivity index (χ1) is 26.3. The molecule has 2 heterocycles. The first kappa shape index (κ1) is 23.6. The van der Waals surface area contributed by atoms with Gasteiger partial charge in [0.25, 0.3) is 0 Å². The highest BCUT2D eigenvalue weighted by atomic mass is 16.3. The lowest BCUT2D eigenvalue weighted by Crippen LogP contribution is -2.00. The van der Waals surface area contributed by atoms with Crippen LogP contribution in [0.3, 0.4) is 0 Å². The Balaban J connectivity index is 1.25. The van der Waals surface area contributed by atoms with Crippen molar-refractivity contribution in [1.82, 2.24) is 15.0 Å². The van der Waals surface area contributed by atoms with Crippen molar-refractivity contribution in [1.29, 1.82) is 0 Å². The quantitative estimate of drug-likeness (QED) is 0.183. The van der Waals surface area contributed by atoms with Crippen molar-refractivity contribution in [2.45, 2.75) is 0 Å². The molecule has 49 heavy (non-hydrogen) atoms. The van der Waals surface area contributed by atoms with Gasteiger partial charge in [-0.2, -0.15) is 0 Å². The van der Waals surface area contributed by atoms with Gasteiger partial charge in [0.05, 0.1) is 6.85 Å². The van der Waals surface area contributed by atoms with Crippen LogP contribution in [0, 0.1) is 0 Å². The summed E-state index contributed by atoms with van der Waals surface area (Å²) < 4.78 is 49.2. The Labute approximate surface area is 291 Å². The first-order valence-corrected chi connectivity index (χ1v) is 15.9. The predicted octanol–water partition coefficient (Wildman–Crippen LogP) is 11.8. The zero-order valence-corrected chi connectivity index (χ0v) is 26.1. The molecule has 0 aliphatic heterocycles. The summed E-state index contributed by atoms with van der Waals surface area (Å²) in [5.41, 5.74) is 7.72. The smallest absolute Gasteiger partial charge is 0.164 e. The Hall–Kier alpha value is -6.65. The molecule has 0 unspecified atom stereocenters. The summed E-state index contributed by atoms with van der Waals surface area (Å²) >= 11 is 0. The Morgan fingerprint density at radius 2 is 0.939 bits per heavy atom. The van der Waals surface area contributed by atoms with Crippen molar-refractivity contribution < 1.29 is 11.3 Å². The van der Waals surface area contributed by atoms with Gasteiger partial charge in [-0.25, -0.2) is 15.0 Å². The SMILES string of the molecule is [2H]c1c([2H])c([2H])c(-c2cc(-c3ccccc3)cc3c2oc2cc(-c4nc(-c5ccccc5)nc(-c5cccc(-c6ccccc6)c5)n4)ccc23)c([2H])c1[2H]. The average Bonchev–Trinajstić information content (AvgIpc) is 3.61. The van der Waals surface area contributed by atoms with Gasteiger partial charge in [-0.3, -0.25) is 0 Å². The lowest BCUT2D eigenvalue weighted by Gasteiger charge is -2.09. The maximum Gasteiger partial charge on any atom is 0.164 e. The molecule has 0 bridgehead atoms. The minimum Gasteiger partial charge on any atom is -0.455 e. The molecule has 0 N–H and O–H groups in total. The van der Waals surface area contributed by atoms with Crippen molar-refractivity contribution >= 4 is 21.9 Å². The number of benzene rings is 7. The van der Waals surface area contributed by atoms with E-state index in [1.807, 2.05) is 121 Å². The van der Waals surface area contributed by atoms with Crippen LogP contribution in [0.1, 0.15) is 6.85 Å². The maximum atomic E-state index is 8.81. The van der Waals surface area contributed by atoms with Crippen molar-refractivity contribution in [2.75, 3.05) is 0 Å². The van der Waals surface area contributed by atoms with E-state index in [4.69, 9.17) is 26.2 Å². The van der Waals surface area contributed by atoms with Crippen LogP contribution in [0.25, 0.3) is 89.5 Å². The van der Waals surface area contributed by atoms with Gasteiger partial charge >= 0.3 is 0 Å². The third-order valence-electron chi connectivity index (χ3n) is 8.60. The summed E-state index contributed by atoms with van der Waals surface area (Å²) in [6.45, 7) is 0. The van der Waals surface area contributed by atoms with Crippen LogP contribution < -0.4 is 0 Å². The number of hydrogen-bond acceptors (Lipinski definition) is 4. The van der Waals surface area contributed by atoms with Crippen LogP contribution >= 0.6 is 0 Å². The van der Waals surface area contributed by atoms with E-state index in [2.05, 4.69) is 24.3 Å². The first-order valence-electron chi connectivity index (χ1n) is 18.4. The summed E-state index contributed by atoms with van der Waals surface area (Å²) in [5, 5.41) is 1.55. The number of hydrogen-bond donors (Lipinski definition) is 0. The van der Waals surface area contributed by atoms with Gasteiger partial charge in [0.2, 0.25) is 0 Å². The van der Waals surface area contributed by atoms with Gasteiger partial charge in [-0.15, -0.1) is 0 Å². The van der Waals surface area contributed by atoms with Gasteiger partial charge in [0.1, 0.15) is 11.2 Å². The van der Waals surface area contributed by atoms with Crippen molar-refractivity contribution in [3.8, 4) is 67.5 Å². The normalized spacial score (nSPS) is 12.7. The third kappa shape index (κ3) is 5.45. The number of aromatic nitrogens is 3. The largest absolute Gasteiger partial charge is 0.455 e. The zero-order valence-electron chi connectivity index (χ0n) is 31.1. The number of fused-ring (bicyclic) bond motifs is 3. The second kappa shape index (κ2) is 12.2. The summed E-state index contributed by atoms with van der Waals surface area (Å²) in [4.78, 5) is 14.9. The van der Waals surface area contributed by atoms with E-state index in [1.54, 1.807) is 0 Å². The van der Waals surface area contributed by atoms with E-state index in [1.165, 1.54) is 0 Å². The van der Waals surface area contributed by atoms with Crippen LogP contribution in [0.15, 0.2) is 180 Å². The van der Waals surface area contributed by atoms with Crippen LogP contribution in [-0.2, 0) is 0 Å². The van der Waals surface area contributed by atoms with Crippen molar-refractivity contribution in [2.24, 2.45) is 0 Å². The van der Waals surface area contributed by atoms with Crippen LogP contribution in [-0.4, -0.2) is 15.0 Å². The molecule has 0 atom stereocenters. The average molecular weight is 633 g/mol. The third-order valence-corrected chi connectivity index (χ3v) is 8.60. The second-order valence-electron chi connectivity index (χ2n) is 11.7. The fraction of sp³-hybridized carbons (Fsp3) is 0. The molecule has 9 rings (SSSR count). The topological polar surface area (TPSA) is 51.8 Å². The van der Waals surface area contributed by atoms with Gasteiger partial charge < -0.3 is 4.42 Å². The molecule has 0 saturated carbocycles. The predicted molar refractivity (Wildman–Crippen MR) is 200 cm³/mol. The molecule has 9 aromatic rings. The molecule has 7 aromatic carbocycles. The van der Waals surface area contributed by atoms with Crippen LogP contribution in [0.5, 0.6) is 0 Å².